The molecule has 0 radical (unpaired) electrons. The molecule has 0 heterocycles. The lowest BCUT2D eigenvalue weighted by Crippen LogP contribution is -2.08. The predicted octanol–water partition coefficient (Wildman–Crippen LogP) is 4.71. The predicted molar refractivity (Wildman–Crippen MR) is 74.8 cm³/mol. The number of alkyl halides is 3. The fourth-order valence-corrected chi connectivity index (χ4v) is 1.97. The van der Waals surface area contributed by atoms with E-state index >= 15 is 0 Å². The summed E-state index contributed by atoms with van der Waals surface area (Å²) in [5.41, 5.74) is 4.52. The first-order valence-electron chi connectivity index (χ1n) is 5.65. The van der Waals surface area contributed by atoms with Crippen molar-refractivity contribution in [3.8, 4) is 17.6 Å². The lowest BCUT2D eigenvalue weighted by Gasteiger charge is -2.12. The Morgan fingerprint density at radius 3 is 2.48 bits per heavy atom. The van der Waals surface area contributed by atoms with Gasteiger partial charge in [0.15, 0.2) is 0 Å². The number of hydrogen-bond donors (Lipinski definition) is 1. The van der Waals surface area contributed by atoms with Gasteiger partial charge in [0.25, 0.3) is 0 Å². The summed E-state index contributed by atoms with van der Waals surface area (Å²) in [5.74, 6) is 0.250. The molecule has 2 N–H and O–H groups in total. The summed E-state index contributed by atoms with van der Waals surface area (Å²) in [6.07, 6.45) is -4.63. The SMILES string of the molecule is N#Cc1ccc(Oc2cc(N)ccc2Br)cc1C(F)(F)F. The highest BCUT2D eigenvalue weighted by Gasteiger charge is 2.34. The fraction of sp³-hybridized carbons (Fsp3) is 0.0714. The molecule has 7 heteroatoms. The van der Waals surface area contributed by atoms with Gasteiger partial charge in [0.05, 0.1) is 21.7 Å². The van der Waals surface area contributed by atoms with Gasteiger partial charge in [-0.25, -0.2) is 0 Å². The molecule has 0 amide bonds. The molecule has 0 saturated heterocycles. The van der Waals surface area contributed by atoms with Crippen LogP contribution in [0.4, 0.5) is 18.9 Å². The first kappa shape index (κ1) is 15.2. The number of ether oxygens (including phenoxy) is 1. The number of rotatable bonds is 2. The molecule has 0 fully saturated rings. The summed E-state index contributed by atoms with van der Waals surface area (Å²) in [5, 5.41) is 8.73. The van der Waals surface area contributed by atoms with Crippen LogP contribution in [-0.4, -0.2) is 0 Å². The lowest BCUT2D eigenvalue weighted by molar-refractivity contribution is -0.137. The van der Waals surface area contributed by atoms with E-state index in [0.717, 1.165) is 12.1 Å². The van der Waals surface area contributed by atoms with Gasteiger partial charge in [-0.05, 0) is 46.3 Å². The minimum Gasteiger partial charge on any atom is -0.456 e. The van der Waals surface area contributed by atoms with Gasteiger partial charge in [0, 0.05) is 11.8 Å². The summed E-state index contributed by atoms with van der Waals surface area (Å²) in [6.45, 7) is 0. The van der Waals surface area contributed by atoms with Crippen LogP contribution in [-0.2, 0) is 6.18 Å². The molecule has 108 valence electrons. The number of nitrogen functional groups attached to an aromatic ring is 1. The van der Waals surface area contributed by atoms with E-state index in [4.69, 9.17) is 15.7 Å². The van der Waals surface area contributed by atoms with E-state index < -0.39 is 17.3 Å². The topological polar surface area (TPSA) is 59.0 Å². The zero-order valence-corrected chi connectivity index (χ0v) is 12.0. The Morgan fingerprint density at radius 2 is 1.86 bits per heavy atom. The average Bonchev–Trinajstić information content (AvgIpc) is 2.42. The number of hydrogen-bond acceptors (Lipinski definition) is 3. The molecule has 0 aliphatic heterocycles. The highest BCUT2D eigenvalue weighted by Crippen LogP contribution is 2.37. The maximum Gasteiger partial charge on any atom is 0.417 e. The number of nitrogens with zero attached hydrogens (tertiary/aromatic N) is 1. The monoisotopic (exact) mass is 356 g/mol. The van der Waals surface area contributed by atoms with Gasteiger partial charge < -0.3 is 10.5 Å². The van der Waals surface area contributed by atoms with Gasteiger partial charge in [0.1, 0.15) is 11.5 Å². The molecular weight excluding hydrogens is 349 g/mol. The molecule has 0 bridgehead atoms. The van der Waals surface area contributed by atoms with E-state index in [9.17, 15) is 13.2 Å². The zero-order valence-electron chi connectivity index (χ0n) is 10.4. The van der Waals surface area contributed by atoms with Crippen LogP contribution in [0.3, 0.4) is 0 Å². The van der Waals surface area contributed by atoms with Crippen LogP contribution in [0.25, 0.3) is 0 Å². The van der Waals surface area contributed by atoms with E-state index in [2.05, 4.69) is 15.9 Å². The van der Waals surface area contributed by atoms with E-state index in [1.54, 1.807) is 12.1 Å². The molecular formula is C14H8BrF3N2O. The highest BCUT2D eigenvalue weighted by atomic mass is 79.9. The standard InChI is InChI=1S/C14H8BrF3N2O/c15-12-4-2-9(20)5-13(12)21-10-3-1-8(7-19)11(6-10)14(16,17)18/h1-6H,20H2. The molecule has 0 unspecified atom stereocenters. The van der Waals surface area contributed by atoms with Crippen molar-refractivity contribution in [2.45, 2.75) is 6.18 Å². The number of nitriles is 1. The minimum absolute atomic E-state index is 0.0346. The second-order valence-corrected chi connectivity index (χ2v) is 4.96. The zero-order chi connectivity index (χ0) is 15.6. The van der Waals surface area contributed by atoms with Gasteiger partial charge in [-0.1, -0.05) is 0 Å². The van der Waals surface area contributed by atoms with Crippen LogP contribution in [0.2, 0.25) is 0 Å². The molecule has 21 heavy (non-hydrogen) atoms. The molecule has 2 aromatic rings. The van der Waals surface area contributed by atoms with Crippen LogP contribution < -0.4 is 10.5 Å². The van der Waals surface area contributed by atoms with Gasteiger partial charge in [0.2, 0.25) is 0 Å². The molecule has 0 aromatic heterocycles. The second kappa shape index (κ2) is 5.66. The minimum atomic E-state index is -4.63. The van der Waals surface area contributed by atoms with E-state index in [-0.39, 0.29) is 11.5 Å². The summed E-state index contributed by atoms with van der Waals surface area (Å²) in [4.78, 5) is 0. The molecule has 2 aromatic carbocycles. The fourth-order valence-electron chi connectivity index (χ4n) is 1.64. The van der Waals surface area contributed by atoms with E-state index in [0.29, 0.717) is 10.2 Å². The van der Waals surface area contributed by atoms with Crippen molar-refractivity contribution in [2.24, 2.45) is 0 Å². The summed E-state index contributed by atoms with van der Waals surface area (Å²) >= 11 is 3.22. The van der Waals surface area contributed by atoms with Crippen molar-refractivity contribution in [3.63, 3.8) is 0 Å². The second-order valence-electron chi connectivity index (χ2n) is 4.11. The molecule has 0 atom stereocenters. The summed E-state index contributed by atoms with van der Waals surface area (Å²) in [7, 11) is 0. The Balaban J connectivity index is 2.42. The summed E-state index contributed by atoms with van der Waals surface area (Å²) < 4.78 is 44.5. The Labute approximate surface area is 126 Å². The third-order valence-electron chi connectivity index (χ3n) is 2.60. The van der Waals surface area contributed by atoms with Crippen LogP contribution in [0.1, 0.15) is 11.1 Å². The Hall–Kier alpha value is -2.20. The Kier molecular flexibility index (Phi) is 4.09. The molecule has 0 aliphatic rings. The molecule has 0 aliphatic carbocycles. The smallest absolute Gasteiger partial charge is 0.417 e. The van der Waals surface area contributed by atoms with Gasteiger partial charge in [-0.3, -0.25) is 0 Å². The Morgan fingerprint density at radius 1 is 1.14 bits per heavy atom. The Bertz CT molecular complexity index is 723. The first-order valence-corrected chi connectivity index (χ1v) is 6.45. The van der Waals surface area contributed by atoms with Gasteiger partial charge >= 0.3 is 6.18 Å². The van der Waals surface area contributed by atoms with Crippen LogP contribution >= 0.6 is 15.9 Å². The number of benzene rings is 2. The highest BCUT2D eigenvalue weighted by molar-refractivity contribution is 9.10. The third kappa shape index (κ3) is 3.47. The summed E-state index contributed by atoms with van der Waals surface area (Å²) in [6, 6.07) is 9.39. The normalized spacial score (nSPS) is 11.0. The molecule has 0 saturated carbocycles. The maximum atomic E-state index is 12.9. The van der Waals surface area contributed by atoms with Crippen LogP contribution in [0, 0.1) is 11.3 Å². The van der Waals surface area contributed by atoms with Gasteiger partial charge in [-0.2, -0.15) is 18.4 Å². The van der Waals surface area contributed by atoms with Crippen molar-refractivity contribution >= 4 is 21.6 Å². The van der Waals surface area contributed by atoms with Crippen LogP contribution in [0.15, 0.2) is 40.9 Å². The maximum absolute atomic E-state index is 12.9. The quantitative estimate of drug-likeness (QED) is 0.792. The number of anilines is 1. The number of halogens is 4. The van der Waals surface area contributed by atoms with E-state index in [1.165, 1.54) is 18.2 Å². The largest absolute Gasteiger partial charge is 0.456 e. The number of nitrogens with two attached hydrogens (primary N) is 1. The van der Waals surface area contributed by atoms with Gasteiger partial charge in [-0.15, -0.1) is 0 Å². The third-order valence-corrected chi connectivity index (χ3v) is 3.26. The molecule has 0 spiro atoms. The first-order chi connectivity index (χ1) is 9.81. The lowest BCUT2D eigenvalue weighted by atomic mass is 10.1. The molecule has 2 rings (SSSR count). The molecule has 3 nitrogen and oxygen atoms in total. The average molecular weight is 357 g/mol. The van der Waals surface area contributed by atoms with E-state index in [1.807, 2.05) is 0 Å². The van der Waals surface area contributed by atoms with Crippen molar-refractivity contribution in [1.82, 2.24) is 0 Å². The van der Waals surface area contributed by atoms with Crippen molar-refractivity contribution in [3.05, 3.63) is 52.0 Å². The van der Waals surface area contributed by atoms with Crippen molar-refractivity contribution in [1.29, 1.82) is 5.26 Å². The van der Waals surface area contributed by atoms with Crippen molar-refractivity contribution < 1.29 is 17.9 Å². The van der Waals surface area contributed by atoms with Crippen LogP contribution in [0.5, 0.6) is 11.5 Å². The van der Waals surface area contributed by atoms with Crippen molar-refractivity contribution in [2.75, 3.05) is 5.73 Å².